The first-order chi connectivity index (χ1) is 14.5. The highest BCUT2D eigenvalue weighted by Gasteiger charge is 2.57. The van der Waals surface area contributed by atoms with Crippen LogP contribution in [0.15, 0.2) is 18.2 Å². The van der Waals surface area contributed by atoms with E-state index in [1.165, 1.54) is 19.3 Å². The zero-order valence-corrected chi connectivity index (χ0v) is 16.8. The van der Waals surface area contributed by atoms with E-state index in [-0.39, 0.29) is 18.7 Å². The molecule has 1 aromatic carbocycles. The van der Waals surface area contributed by atoms with E-state index in [1.54, 1.807) is 12.1 Å². The van der Waals surface area contributed by atoms with Gasteiger partial charge < -0.3 is 11.1 Å². The molecular formula is C22H26N4O4. The molecule has 0 bridgehead atoms. The van der Waals surface area contributed by atoms with Gasteiger partial charge in [0, 0.05) is 19.0 Å². The normalized spacial score (nSPS) is 29.5. The minimum absolute atomic E-state index is 0.115. The van der Waals surface area contributed by atoms with E-state index in [9.17, 15) is 19.2 Å². The maximum atomic E-state index is 13.2. The molecular weight excluding hydrogens is 384 g/mol. The summed E-state index contributed by atoms with van der Waals surface area (Å²) in [4.78, 5) is 50.8. The fraction of sp³-hybridized carbons (Fsp3) is 0.545. The first kappa shape index (κ1) is 19.4. The van der Waals surface area contributed by atoms with Crippen molar-refractivity contribution in [2.24, 2.45) is 17.1 Å². The Morgan fingerprint density at radius 2 is 1.97 bits per heavy atom. The first-order valence-corrected chi connectivity index (χ1v) is 10.7. The van der Waals surface area contributed by atoms with Crippen LogP contribution in [0.1, 0.15) is 64.8 Å². The summed E-state index contributed by atoms with van der Waals surface area (Å²) in [5, 5.41) is 5.83. The van der Waals surface area contributed by atoms with Crippen LogP contribution in [0.5, 0.6) is 0 Å². The monoisotopic (exact) mass is 410 g/mol. The fourth-order valence-electron chi connectivity index (χ4n) is 5.80. The number of fused-ring (bicyclic) bond motifs is 1. The van der Waals surface area contributed by atoms with Crippen molar-refractivity contribution >= 4 is 23.6 Å². The molecule has 4 aliphatic rings. The van der Waals surface area contributed by atoms with Gasteiger partial charge >= 0.3 is 0 Å². The lowest BCUT2D eigenvalue weighted by Crippen LogP contribution is -2.64. The number of carbonyl (C=O) groups is 4. The number of imide groups is 2. The summed E-state index contributed by atoms with van der Waals surface area (Å²) >= 11 is 0. The third-order valence-corrected chi connectivity index (χ3v) is 7.69. The second-order valence-corrected chi connectivity index (χ2v) is 8.98. The number of benzene rings is 1. The highest BCUT2D eigenvalue weighted by Crippen LogP contribution is 2.59. The lowest BCUT2D eigenvalue weighted by atomic mass is 9.47. The zero-order valence-electron chi connectivity index (χ0n) is 16.8. The molecule has 0 radical (unpaired) electrons. The van der Waals surface area contributed by atoms with Gasteiger partial charge in [-0.1, -0.05) is 18.6 Å². The minimum Gasteiger partial charge on any atom is -0.330 e. The van der Waals surface area contributed by atoms with Crippen molar-refractivity contribution < 1.29 is 19.2 Å². The number of rotatable bonds is 5. The van der Waals surface area contributed by atoms with Crippen molar-refractivity contribution in [3.05, 3.63) is 34.9 Å². The average Bonchev–Trinajstić information content (AvgIpc) is 2.92. The van der Waals surface area contributed by atoms with Crippen molar-refractivity contribution in [2.75, 3.05) is 6.54 Å². The van der Waals surface area contributed by atoms with Gasteiger partial charge in [0.15, 0.2) is 0 Å². The quantitative estimate of drug-likeness (QED) is 0.614. The Hall–Kier alpha value is -2.58. The summed E-state index contributed by atoms with van der Waals surface area (Å²) in [6, 6.07) is 4.71. The second-order valence-electron chi connectivity index (χ2n) is 8.98. The largest absolute Gasteiger partial charge is 0.330 e. The molecule has 1 saturated heterocycles. The molecule has 3 unspecified atom stereocenters. The van der Waals surface area contributed by atoms with Crippen LogP contribution in [0, 0.1) is 11.3 Å². The molecule has 2 aliphatic heterocycles. The molecule has 1 aromatic rings. The van der Waals surface area contributed by atoms with Crippen molar-refractivity contribution in [1.82, 2.24) is 15.5 Å². The highest BCUT2D eigenvalue weighted by molar-refractivity contribution is 6.24. The van der Waals surface area contributed by atoms with Crippen LogP contribution >= 0.6 is 0 Å². The van der Waals surface area contributed by atoms with Crippen LogP contribution in [0.2, 0.25) is 0 Å². The smallest absolute Gasteiger partial charge is 0.262 e. The number of carbonyl (C=O) groups excluding carboxylic acids is 4. The summed E-state index contributed by atoms with van der Waals surface area (Å²) < 4.78 is 0. The number of nitrogens with zero attached hydrogens (tertiary/aromatic N) is 1. The molecule has 158 valence electrons. The van der Waals surface area contributed by atoms with Crippen molar-refractivity contribution in [2.45, 2.75) is 57.2 Å². The van der Waals surface area contributed by atoms with Gasteiger partial charge in [-0.3, -0.25) is 29.4 Å². The Morgan fingerprint density at radius 1 is 1.17 bits per heavy atom. The molecule has 2 aliphatic carbocycles. The van der Waals surface area contributed by atoms with Crippen LogP contribution in [0.25, 0.3) is 0 Å². The zero-order chi connectivity index (χ0) is 21.0. The third kappa shape index (κ3) is 2.66. The molecule has 2 heterocycles. The van der Waals surface area contributed by atoms with E-state index in [4.69, 9.17) is 5.73 Å². The van der Waals surface area contributed by atoms with Gasteiger partial charge in [0.1, 0.15) is 6.04 Å². The van der Waals surface area contributed by atoms with E-state index in [0.29, 0.717) is 41.6 Å². The number of hydrogen-bond acceptors (Lipinski definition) is 6. The average molecular weight is 410 g/mol. The lowest BCUT2D eigenvalue weighted by molar-refractivity contribution is -0.136. The summed E-state index contributed by atoms with van der Waals surface area (Å²) in [6.07, 6.45) is 4.95. The Balaban J connectivity index is 1.35. The topological polar surface area (TPSA) is 122 Å². The van der Waals surface area contributed by atoms with Crippen LogP contribution in [0.4, 0.5) is 0 Å². The van der Waals surface area contributed by atoms with E-state index in [0.717, 1.165) is 16.9 Å². The maximum absolute atomic E-state index is 13.2. The third-order valence-electron chi connectivity index (χ3n) is 7.69. The molecule has 3 fully saturated rings. The summed E-state index contributed by atoms with van der Waals surface area (Å²) in [7, 11) is 0. The predicted octanol–water partition coefficient (Wildman–Crippen LogP) is 0.695. The Morgan fingerprint density at radius 3 is 2.63 bits per heavy atom. The van der Waals surface area contributed by atoms with E-state index in [1.807, 2.05) is 6.07 Å². The Bertz CT molecular complexity index is 954. The summed E-state index contributed by atoms with van der Waals surface area (Å²) in [5.41, 5.74) is 7.70. The van der Waals surface area contributed by atoms with Gasteiger partial charge in [0.25, 0.3) is 11.8 Å². The van der Waals surface area contributed by atoms with E-state index < -0.39 is 23.8 Å². The fourth-order valence-corrected chi connectivity index (χ4v) is 5.80. The number of nitrogens with two attached hydrogens (primary N) is 1. The first-order valence-electron chi connectivity index (χ1n) is 10.7. The number of piperidine rings is 1. The highest BCUT2D eigenvalue weighted by atomic mass is 16.2. The molecule has 5 rings (SSSR count). The van der Waals surface area contributed by atoms with Crippen LogP contribution in [-0.4, -0.2) is 47.2 Å². The van der Waals surface area contributed by atoms with Gasteiger partial charge in [-0.2, -0.15) is 0 Å². The van der Waals surface area contributed by atoms with Crippen molar-refractivity contribution in [3.8, 4) is 0 Å². The number of amides is 4. The second kappa shape index (κ2) is 6.99. The number of nitrogens with one attached hydrogen (secondary N) is 2. The predicted molar refractivity (Wildman–Crippen MR) is 107 cm³/mol. The summed E-state index contributed by atoms with van der Waals surface area (Å²) in [5.74, 6) is -1.31. The molecule has 8 nitrogen and oxygen atoms in total. The standard InChI is InChI=1S/C22H26N4O4/c23-10-13-9-16(22(13)7-2-8-22)24-11-12-3-1-4-14-18(12)21(30)26(20(14)29)15-5-6-17(27)25-19(15)28/h1,3-4,13,15-16,24H,2,5-11,23H2,(H,25,27,28). The van der Waals surface area contributed by atoms with Gasteiger partial charge in [-0.25, -0.2) is 0 Å². The van der Waals surface area contributed by atoms with Crippen LogP contribution < -0.4 is 16.4 Å². The molecule has 1 spiro atoms. The van der Waals surface area contributed by atoms with Crippen molar-refractivity contribution in [3.63, 3.8) is 0 Å². The SMILES string of the molecule is NCC1CC(NCc2cccc3c2C(=O)N(C2CCC(=O)NC2=O)C3=O)C12CCC2. The molecule has 0 aromatic heterocycles. The van der Waals surface area contributed by atoms with E-state index >= 15 is 0 Å². The van der Waals surface area contributed by atoms with Gasteiger partial charge in [-0.15, -0.1) is 0 Å². The molecule has 4 amide bonds. The molecule has 8 heteroatoms. The molecule has 2 saturated carbocycles. The van der Waals surface area contributed by atoms with Crippen LogP contribution in [-0.2, 0) is 16.1 Å². The van der Waals surface area contributed by atoms with Gasteiger partial charge in [0.05, 0.1) is 11.1 Å². The van der Waals surface area contributed by atoms with Gasteiger partial charge in [0.2, 0.25) is 11.8 Å². The van der Waals surface area contributed by atoms with Crippen molar-refractivity contribution in [1.29, 1.82) is 0 Å². The summed E-state index contributed by atoms with van der Waals surface area (Å²) in [6.45, 7) is 1.21. The molecule has 30 heavy (non-hydrogen) atoms. The van der Waals surface area contributed by atoms with E-state index in [2.05, 4.69) is 10.6 Å². The lowest BCUT2D eigenvalue weighted by Gasteiger charge is -2.62. The van der Waals surface area contributed by atoms with Gasteiger partial charge in [-0.05, 0) is 55.2 Å². The van der Waals surface area contributed by atoms with Crippen LogP contribution in [0.3, 0.4) is 0 Å². The minimum atomic E-state index is -0.939. The molecule has 3 atom stereocenters. The number of hydrogen-bond donors (Lipinski definition) is 3. The Kier molecular flexibility index (Phi) is 4.52. The molecule has 4 N–H and O–H groups in total. The maximum Gasteiger partial charge on any atom is 0.262 e. The Labute approximate surface area is 174 Å².